The third-order valence-electron chi connectivity index (χ3n) is 2.90. The van der Waals surface area contributed by atoms with Gasteiger partial charge in [-0.3, -0.25) is 15.8 Å². The van der Waals surface area contributed by atoms with Crippen LogP contribution in [0.3, 0.4) is 0 Å². The first-order valence-corrected chi connectivity index (χ1v) is 6.35. The zero-order valence-corrected chi connectivity index (χ0v) is 11.4. The molecule has 0 aliphatic carbocycles. The van der Waals surface area contributed by atoms with Gasteiger partial charge in [-0.25, -0.2) is 0 Å². The van der Waals surface area contributed by atoms with E-state index < -0.39 is 0 Å². The van der Waals surface area contributed by atoms with Gasteiger partial charge in [0, 0.05) is 0 Å². The van der Waals surface area contributed by atoms with Gasteiger partial charge in [0.1, 0.15) is 5.84 Å². The molecule has 0 saturated carbocycles. The summed E-state index contributed by atoms with van der Waals surface area (Å²) in [6, 6.07) is 18.3. The number of aryl methyl sites for hydroxylation is 1. The molecule has 19 heavy (non-hydrogen) atoms. The molecule has 2 aromatic rings. The second kappa shape index (κ2) is 6.05. The Morgan fingerprint density at radius 2 is 1.68 bits per heavy atom. The summed E-state index contributed by atoms with van der Waals surface area (Å²) in [4.78, 5) is 0. The number of hydrogen-bond acceptors (Lipinski definition) is 2. The summed E-state index contributed by atoms with van der Waals surface area (Å²) in [6.07, 6.45) is 0. The Kier molecular flexibility index (Phi) is 4.18. The first kappa shape index (κ1) is 13.1. The Balaban J connectivity index is 2.08. The topological polar surface area (TPSA) is 39.1 Å². The standard InChI is InChI=1S/C16H19N3/c1-13-8-10-16(11-9-13)18-19(14(2)17)12-15-6-4-3-5-7-15/h3-11,17-18H,12H2,1-2H3. The van der Waals surface area contributed by atoms with Gasteiger partial charge in [-0.05, 0) is 31.5 Å². The maximum atomic E-state index is 7.86. The fraction of sp³-hybridized carbons (Fsp3) is 0.188. The third kappa shape index (κ3) is 3.85. The molecule has 0 bridgehead atoms. The zero-order valence-electron chi connectivity index (χ0n) is 11.4. The molecule has 0 aromatic heterocycles. The first-order valence-electron chi connectivity index (χ1n) is 6.35. The van der Waals surface area contributed by atoms with Crippen molar-refractivity contribution >= 4 is 11.5 Å². The van der Waals surface area contributed by atoms with E-state index in [0.717, 1.165) is 5.69 Å². The van der Waals surface area contributed by atoms with Crippen molar-refractivity contribution in [1.82, 2.24) is 5.01 Å². The van der Waals surface area contributed by atoms with Gasteiger partial charge in [-0.1, -0.05) is 48.0 Å². The average Bonchev–Trinajstić information content (AvgIpc) is 2.41. The van der Waals surface area contributed by atoms with Crippen molar-refractivity contribution in [3.05, 3.63) is 65.7 Å². The summed E-state index contributed by atoms with van der Waals surface area (Å²) in [6.45, 7) is 4.52. The van der Waals surface area contributed by atoms with Crippen molar-refractivity contribution in [2.75, 3.05) is 5.43 Å². The largest absolute Gasteiger partial charge is 0.297 e. The van der Waals surface area contributed by atoms with Crippen LogP contribution in [0.25, 0.3) is 0 Å². The van der Waals surface area contributed by atoms with Crippen molar-refractivity contribution in [3.63, 3.8) is 0 Å². The van der Waals surface area contributed by atoms with Gasteiger partial charge in [0.2, 0.25) is 0 Å². The molecule has 2 N–H and O–H groups in total. The highest BCUT2D eigenvalue weighted by Crippen LogP contribution is 2.12. The Hall–Kier alpha value is -2.29. The van der Waals surface area contributed by atoms with Crippen LogP contribution in [0.5, 0.6) is 0 Å². The minimum atomic E-state index is 0.490. The lowest BCUT2D eigenvalue weighted by molar-refractivity contribution is 0.485. The first-order chi connectivity index (χ1) is 9.15. The summed E-state index contributed by atoms with van der Waals surface area (Å²) in [5, 5.41) is 9.69. The predicted molar refractivity (Wildman–Crippen MR) is 80.2 cm³/mol. The normalized spacial score (nSPS) is 10.0. The van der Waals surface area contributed by atoms with Gasteiger partial charge < -0.3 is 0 Å². The second-order valence-corrected chi connectivity index (χ2v) is 4.63. The fourth-order valence-corrected chi connectivity index (χ4v) is 1.79. The van der Waals surface area contributed by atoms with Crippen LogP contribution in [0.2, 0.25) is 0 Å². The number of nitrogens with one attached hydrogen (secondary N) is 2. The molecule has 0 aliphatic heterocycles. The lowest BCUT2D eigenvalue weighted by atomic mass is 10.2. The van der Waals surface area contributed by atoms with E-state index in [1.165, 1.54) is 11.1 Å². The van der Waals surface area contributed by atoms with E-state index in [4.69, 9.17) is 5.41 Å². The van der Waals surface area contributed by atoms with Crippen LogP contribution in [0.15, 0.2) is 54.6 Å². The smallest absolute Gasteiger partial charge is 0.112 e. The highest BCUT2D eigenvalue weighted by molar-refractivity contribution is 5.77. The molecule has 3 nitrogen and oxygen atoms in total. The number of rotatable bonds is 4. The monoisotopic (exact) mass is 253 g/mol. The quantitative estimate of drug-likeness (QED) is 0.494. The lowest BCUT2D eigenvalue weighted by Crippen LogP contribution is -2.33. The van der Waals surface area contributed by atoms with E-state index in [1.54, 1.807) is 6.92 Å². The molecular weight excluding hydrogens is 234 g/mol. The van der Waals surface area contributed by atoms with E-state index in [1.807, 2.05) is 35.3 Å². The Labute approximate surface area is 114 Å². The molecule has 2 rings (SSSR count). The van der Waals surface area contributed by atoms with E-state index in [0.29, 0.717) is 12.4 Å². The number of benzene rings is 2. The van der Waals surface area contributed by atoms with E-state index in [2.05, 4.69) is 36.6 Å². The van der Waals surface area contributed by atoms with Crippen molar-refractivity contribution in [1.29, 1.82) is 5.41 Å². The Morgan fingerprint density at radius 1 is 1.05 bits per heavy atom. The fourth-order valence-electron chi connectivity index (χ4n) is 1.79. The average molecular weight is 253 g/mol. The summed E-state index contributed by atoms with van der Waals surface area (Å²) in [5.74, 6) is 0.490. The van der Waals surface area contributed by atoms with Gasteiger partial charge in [-0.15, -0.1) is 0 Å². The van der Waals surface area contributed by atoms with Gasteiger partial charge in [0.15, 0.2) is 0 Å². The van der Waals surface area contributed by atoms with E-state index in [9.17, 15) is 0 Å². The maximum Gasteiger partial charge on any atom is 0.112 e. The molecule has 3 heteroatoms. The van der Waals surface area contributed by atoms with Crippen LogP contribution in [-0.4, -0.2) is 10.8 Å². The van der Waals surface area contributed by atoms with Crippen molar-refractivity contribution in [2.24, 2.45) is 0 Å². The Morgan fingerprint density at radius 3 is 2.26 bits per heavy atom. The Bertz CT molecular complexity index is 532. The molecule has 0 atom stereocenters. The third-order valence-corrected chi connectivity index (χ3v) is 2.90. The molecule has 0 fully saturated rings. The molecule has 0 unspecified atom stereocenters. The van der Waals surface area contributed by atoms with Crippen LogP contribution < -0.4 is 5.43 Å². The molecule has 0 aliphatic rings. The lowest BCUT2D eigenvalue weighted by Gasteiger charge is -2.25. The summed E-state index contributed by atoms with van der Waals surface area (Å²) in [5.41, 5.74) is 6.66. The molecular formula is C16H19N3. The van der Waals surface area contributed by atoms with Gasteiger partial charge in [0.25, 0.3) is 0 Å². The van der Waals surface area contributed by atoms with Crippen LogP contribution in [0.4, 0.5) is 5.69 Å². The molecule has 0 spiro atoms. The molecule has 0 radical (unpaired) electrons. The summed E-state index contributed by atoms with van der Waals surface area (Å²) >= 11 is 0. The van der Waals surface area contributed by atoms with Crippen molar-refractivity contribution in [2.45, 2.75) is 20.4 Å². The number of hydrogen-bond donors (Lipinski definition) is 2. The molecule has 0 heterocycles. The number of anilines is 1. The van der Waals surface area contributed by atoms with Crippen molar-refractivity contribution < 1.29 is 0 Å². The predicted octanol–water partition coefficient (Wildman–Crippen LogP) is 3.82. The highest BCUT2D eigenvalue weighted by atomic mass is 15.5. The maximum absolute atomic E-state index is 7.86. The molecule has 0 amide bonds. The van der Waals surface area contributed by atoms with E-state index in [-0.39, 0.29) is 0 Å². The van der Waals surface area contributed by atoms with E-state index >= 15 is 0 Å². The zero-order chi connectivity index (χ0) is 13.7. The van der Waals surface area contributed by atoms with Crippen molar-refractivity contribution in [3.8, 4) is 0 Å². The van der Waals surface area contributed by atoms with Gasteiger partial charge in [-0.2, -0.15) is 0 Å². The minimum absolute atomic E-state index is 0.490. The summed E-state index contributed by atoms with van der Waals surface area (Å²) in [7, 11) is 0. The molecule has 0 saturated heterocycles. The van der Waals surface area contributed by atoms with Crippen LogP contribution in [0, 0.1) is 12.3 Å². The number of hydrazine groups is 1. The number of nitrogens with zero attached hydrogens (tertiary/aromatic N) is 1. The second-order valence-electron chi connectivity index (χ2n) is 4.63. The molecule has 98 valence electrons. The van der Waals surface area contributed by atoms with Crippen LogP contribution in [-0.2, 0) is 6.54 Å². The minimum Gasteiger partial charge on any atom is -0.297 e. The van der Waals surface area contributed by atoms with Gasteiger partial charge in [0.05, 0.1) is 12.2 Å². The SMILES string of the molecule is CC(=N)N(Cc1ccccc1)Nc1ccc(C)cc1. The summed E-state index contributed by atoms with van der Waals surface area (Å²) < 4.78 is 0. The highest BCUT2D eigenvalue weighted by Gasteiger charge is 2.06. The van der Waals surface area contributed by atoms with Crippen LogP contribution in [0.1, 0.15) is 18.1 Å². The molecule has 2 aromatic carbocycles. The van der Waals surface area contributed by atoms with Crippen LogP contribution >= 0.6 is 0 Å². The number of amidine groups is 1. The van der Waals surface area contributed by atoms with Gasteiger partial charge >= 0.3 is 0 Å².